The Balaban J connectivity index is 2.45. The van der Waals surface area contributed by atoms with Crippen LogP contribution < -0.4 is 10.5 Å². The van der Waals surface area contributed by atoms with E-state index in [1.165, 1.54) is 24.5 Å². The van der Waals surface area contributed by atoms with Crippen molar-refractivity contribution in [1.29, 1.82) is 0 Å². The standard InChI is InChI=1S/C12H13FN2OS/c1-7-12(17-11(6-14)15-7)8-3-4-10(16-2)9(13)5-8/h3-5H,6,14H2,1-2H3. The summed E-state index contributed by atoms with van der Waals surface area (Å²) in [6, 6.07) is 4.90. The van der Waals surface area contributed by atoms with Crippen LogP contribution in [0.2, 0.25) is 0 Å². The molecule has 90 valence electrons. The molecule has 17 heavy (non-hydrogen) atoms. The minimum absolute atomic E-state index is 0.245. The molecule has 0 radical (unpaired) electrons. The zero-order valence-electron chi connectivity index (χ0n) is 9.66. The number of rotatable bonds is 3. The fraction of sp³-hybridized carbons (Fsp3) is 0.250. The van der Waals surface area contributed by atoms with Gasteiger partial charge in [0.1, 0.15) is 5.01 Å². The molecule has 0 saturated heterocycles. The molecule has 0 bridgehead atoms. The maximum atomic E-state index is 13.6. The van der Waals surface area contributed by atoms with E-state index in [9.17, 15) is 4.39 Å². The fourth-order valence-corrected chi connectivity index (χ4v) is 2.55. The number of nitrogens with zero attached hydrogens (tertiary/aromatic N) is 1. The number of thiazole rings is 1. The summed E-state index contributed by atoms with van der Waals surface area (Å²) >= 11 is 1.49. The van der Waals surface area contributed by atoms with Gasteiger partial charge in [-0.2, -0.15) is 0 Å². The number of benzene rings is 1. The summed E-state index contributed by atoms with van der Waals surface area (Å²) in [6.45, 7) is 2.30. The molecule has 1 heterocycles. The number of halogens is 1. The van der Waals surface area contributed by atoms with E-state index in [0.717, 1.165) is 21.1 Å². The molecule has 0 aliphatic heterocycles. The van der Waals surface area contributed by atoms with Crippen molar-refractivity contribution >= 4 is 11.3 Å². The van der Waals surface area contributed by atoms with E-state index in [4.69, 9.17) is 10.5 Å². The Morgan fingerprint density at radius 1 is 1.47 bits per heavy atom. The van der Waals surface area contributed by atoms with Gasteiger partial charge in [0.15, 0.2) is 11.6 Å². The molecular weight excluding hydrogens is 239 g/mol. The zero-order valence-corrected chi connectivity index (χ0v) is 10.5. The summed E-state index contributed by atoms with van der Waals surface area (Å²) in [6.07, 6.45) is 0. The number of hydrogen-bond donors (Lipinski definition) is 1. The van der Waals surface area contributed by atoms with Crippen LogP contribution in [0.5, 0.6) is 5.75 Å². The second kappa shape index (κ2) is 4.81. The molecule has 0 aliphatic carbocycles. The van der Waals surface area contributed by atoms with Crippen LogP contribution in [0.25, 0.3) is 10.4 Å². The van der Waals surface area contributed by atoms with E-state index in [-0.39, 0.29) is 11.6 Å². The maximum Gasteiger partial charge on any atom is 0.165 e. The average Bonchev–Trinajstić information content (AvgIpc) is 2.70. The number of hydrogen-bond acceptors (Lipinski definition) is 4. The van der Waals surface area contributed by atoms with E-state index in [0.29, 0.717) is 6.54 Å². The highest BCUT2D eigenvalue weighted by Gasteiger charge is 2.11. The van der Waals surface area contributed by atoms with Gasteiger partial charge in [0, 0.05) is 6.54 Å². The Kier molecular flexibility index (Phi) is 3.40. The Labute approximate surface area is 103 Å². The maximum absolute atomic E-state index is 13.6. The van der Waals surface area contributed by atoms with Gasteiger partial charge >= 0.3 is 0 Å². The van der Waals surface area contributed by atoms with Crippen molar-refractivity contribution in [2.45, 2.75) is 13.5 Å². The summed E-state index contributed by atoms with van der Waals surface area (Å²) < 4.78 is 18.5. The quantitative estimate of drug-likeness (QED) is 0.913. The third-order valence-electron chi connectivity index (χ3n) is 2.43. The summed E-state index contributed by atoms with van der Waals surface area (Å²) in [7, 11) is 1.45. The number of nitrogens with two attached hydrogens (primary N) is 1. The third kappa shape index (κ3) is 2.30. The molecule has 0 unspecified atom stereocenters. The van der Waals surface area contributed by atoms with Crippen LogP contribution in [0.15, 0.2) is 18.2 Å². The molecule has 0 amide bonds. The molecule has 2 N–H and O–H groups in total. The predicted octanol–water partition coefficient (Wildman–Crippen LogP) is 2.72. The molecule has 2 aromatic rings. The highest BCUT2D eigenvalue weighted by atomic mass is 32.1. The number of aromatic nitrogens is 1. The van der Waals surface area contributed by atoms with Crippen molar-refractivity contribution in [3.05, 3.63) is 34.7 Å². The Hall–Kier alpha value is -1.46. The van der Waals surface area contributed by atoms with Crippen LogP contribution in [0.1, 0.15) is 10.7 Å². The normalized spacial score (nSPS) is 10.6. The first kappa shape index (κ1) is 12.0. The van der Waals surface area contributed by atoms with Crippen molar-refractivity contribution in [2.24, 2.45) is 5.73 Å². The van der Waals surface area contributed by atoms with Crippen LogP contribution in [0, 0.1) is 12.7 Å². The lowest BCUT2D eigenvalue weighted by Gasteiger charge is -2.03. The Morgan fingerprint density at radius 3 is 2.76 bits per heavy atom. The number of ether oxygens (including phenoxy) is 1. The molecule has 1 aromatic carbocycles. The van der Waals surface area contributed by atoms with Crippen molar-refractivity contribution in [1.82, 2.24) is 4.98 Å². The highest BCUT2D eigenvalue weighted by molar-refractivity contribution is 7.15. The SMILES string of the molecule is COc1ccc(-c2sc(CN)nc2C)cc1F. The molecule has 5 heteroatoms. The molecule has 0 aliphatic rings. The Bertz CT molecular complexity index is 539. The van der Waals surface area contributed by atoms with E-state index >= 15 is 0 Å². The monoisotopic (exact) mass is 252 g/mol. The second-order valence-electron chi connectivity index (χ2n) is 3.58. The summed E-state index contributed by atoms with van der Waals surface area (Å²) in [5.41, 5.74) is 7.22. The van der Waals surface area contributed by atoms with E-state index < -0.39 is 0 Å². The molecule has 0 saturated carbocycles. The van der Waals surface area contributed by atoms with Crippen LogP contribution in [-0.2, 0) is 6.54 Å². The first-order valence-corrected chi connectivity index (χ1v) is 5.97. The van der Waals surface area contributed by atoms with Gasteiger partial charge in [0.2, 0.25) is 0 Å². The number of aryl methyl sites for hydroxylation is 1. The van der Waals surface area contributed by atoms with E-state index in [2.05, 4.69) is 4.98 Å². The van der Waals surface area contributed by atoms with Crippen molar-refractivity contribution in [2.75, 3.05) is 7.11 Å². The van der Waals surface area contributed by atoms with Crippen molar-refractivity contribution < 1.29 is 9.13 Å². The lowest BCUT2D eigenvalue weighted by Crippen LogP contribution is -1.94. The van der Waals surface area contributed by atoms with Gasteiger partial charge < -0.3 is 10.5 Å². The first-order valence-electron chi connectivity index (χ1n) is 5.16. The summed E-state index contributed by atoms with van der Waals surface area (Å²) in [5.74, 6) is -0.123. The molecule has 1 aromatic heterocycles. The lowest BCUT2D eigenvalue weighted by atomic mass is 10.1. The second-order valence-corrected chi connectivity index (χ2v) is 4.66. The predicted molar refractivity (Wildman–Crippen MR) is 66.7 cm³/mol. The molecule has 0 atom stereocenters. The molecule has 3 nitrogen and oxygen atoms in total. The molecule has 0 fully saturated rings. The van der Waals surface area contributed by atoms with Crippen LogP contribution >= 0.6 is 11.3 Å². The van der Waals surface area contributed by atoms with Gasteiger partial charge in [0.05, 0.1) is 17.7 Å². The van der Waals surface area contributed by atoms with E-state index in [1.807, 2.05) is 13.0 Å². The van der Waals surface area contributed by atoms with Crippen molar-refractivity contribution in [3.63, 3.8) is 0 Å². The summed E-state index contributed by atoms with van der Waals surface area (Å²) in [5, 5.41) is 0.855. The average molecular weight is 252 g/mol. The van der Waals surface area contributed by atoms with Gasteiger partial charge in [0.25, 0.3) is 0 Å². The molecular formula is C12H13FN2OS. The van der Waals surface area contributed by atoms with Crippen LogP contribution in [0.4, 0.5) is 4.39 Å². The topological polar surface area (TPSA) is 48.1 Å². The van der Waals surface area contributed by atoms with Gasteiger partial charge in [-0.3, -0.25) is 0 Å². The molecule has 2 rings (SSSR count). The van der Waals surface area contributed by atoms with E-state index in [1.54, 1.807) is 6.07 Å². The lowest BCUT2D eigenvalue weighted by molar-refractivity contribution is 0.386. The highest BCUT2D eigenvalue weighted by Crippen LogP contribution is 2.32. The van der Waals surface area contributed by atoms with Gasteiger partial charge in [-0.15, -0.1) is 11.3 Å². The smallest absolute Gasteiger partial charge is 0.165 e. The van der Waals surface area contributed by atoms with Crippen molar-refractivity contribution in [3.8, 4) is 16.2 Å². The summed E-state index contributed by atoms with van der Waals surface area (Å²) in [4.78, 5) is 5.27. The van der Waals surface area contributed by atoms with Gasteiger partial charge in [-0.05, 0) is 30.7 Å². The van der Waals surface area contributed by atoms with Gasteiger partial charge in [-0.25, -0.2) is 9.37 Å². The minimum Gasteiger partial charge on any atom is -0.494 e. The largest absolute Gasteiger partial charge is 0.494 e. The fourth-order valence-electron chi connectivity index (χ4n) is 1.62. The van der Waals surface area contributed by atoms with Gasteiger partial charge in [-0.1, -0.05) is 0 Å². The minimum atomic E-state index is -0.368. The molecule has 0 spiro atoms. The first-order chi connectivity index (χ1) is 8.15. The van der Waals surface area contributed by atoms with Crippen LogP contribution in [-0.4, -0.2) is 12.1 Å². The third-order valence-corrected chi connectivity index (χ3v) is 3.66. The van der Waals surface area contributed by atoms with Crippen LogP contribution in [0.3, 0.4) is 0 Å². The zero-order chi connectivity index (χ0) is 12.4. The Morgan fingerprint density at radius 2 is 2.24 bits per heavy atom. The number of methoxy groups -OCH3 is 1.